The predicted molar refractivity (Wildman–Crippen MR) is 125 cm³/mol. The van der Waals surface area contributed by atoms with Gasteiger partial charge in [0.1, 0.15) is 11.5 Å². The number of fused-ring (bicyclic) bond motifs is 2. The number of rotatable bonds is 8. The van der Waals surface area contributed by atoms with Gasteiger partial charge < -0.3 is 23.7 Å². The summed E-state index contributed by atoms with van der Waals surface area (Å²) >= 11 is 0. The van der Waals surface area contributed by atoms with Crippen molar-refractivity contribution in [2.24, 2.45) is 0 Å². The van der Waals surface area contributed by atoms with Gasteiger partial charge in [0.15, 0.2) is 0 Å². The van der Waals surface area contributed by atoms with E-state index < -0.39 is 58.7 Å². The van der Waals surface area contributed by atoms with Crippen LogP contribution in [0.5, 0.6) is 11.5 Å². The molecule has 2 aromatic rings. The summed E-state index contributed by atoms with van der Waals surface area (Å²) in [7, 11) is 0. The van der Waals surface area contributed by atoms with Crippen molar-refractivity contribution < 1.29 is 56.0 Å². The largest absolute Gasteiger partial charge is 0.462 e. The molecule has 1 aliphatic rings. The number of esters is 4. The van der Waals surface area contributed by atoms with E-state index in [-0.39, 0.29) is 54.6 Å². The molecule has 0 radical (unpaired) electrons. The third-order valence-electron chi connectivity index (χ3n) is 5.43. The van der Waals surface area contributed by atoms with Crippen LogP contribution in [-0.2, 0) is 31.5 Å². The number of halogens is 3. The molecule has 0 aliphatic carbocycles. The molecule has 3 rings (SSSR count). The minimum atomic E-state index is -5.11. The highest BCUT2D eigenvalue weighted by Gasteiger charge is 2.44. The minimum Gasteiger partial charge on any atom is -0.462 e. The fraction of sp³-hybridized carbons (Fsp3) is 0.385. The fourth-order valence-electron chi connectivity index (χ4n) is 3.99. The molecule has 38 heavy (non-hydrogen) atoms. The maximum Gasteiger partial charge on any atom is 0.417 e. The molecule has 0 saturated heterocycles. The molecule has 1 aliphatic heterocycles. The fourth-order valence-corrected chi connectivity index (χ4v) is 3.99. The second-order valence-electron chi connectivity index (χ2n) is 7.81. The number of carbonyl (C=O) groups is 4. The van der Waals surface area contributed by atoms with Crippen LogP contribution in [0.4, 0.5) is 13.2 Å². The van der Waals surface area contributed by atoms with Gasteiger partial charge in [0.25, 0.3) is 0 Å². The first-order valence-corrected chi connectivity index (χ1v) is 11.8. The van der Waals surface area contributed by atoms with E-state index in [4.69, 9.17) is 23.7 Å². The third kappa shape index (κ3) is 5.58. The number of hydrogen-bond acceptors (Lipinski definition) is 9. The Morgan fingerprint density at radius 1 is 0.711 bits per heavy atom. The standard InChI is InChI=1S/C26H25F3O9/c1-5-34-22(30)14-9-13-10-16-19(38-18(13)11-15(14)23(31)35-6-2)12-17(24(32)36-7-3)20(25(33)37-8-4)21(16)26(27,28)29/h9,11-12H,5-8,10H2,1-4H3. The van der Waals surface area contributed by atoms with E-state index in [9.17, 15) is 32.3 Å². The summed E-state index contributed by atoms with van der Waals surface area (Å²) in [5, 5.41) is 0. The van der Waals surface area contributed by atoms with E-state index in [1.807, 2.05) is 0 Å². The van der Waals surface area contributed by atoms with Gasteiger partial charge in [-0.25, -0.2) is 19.2 Å². The highest BCUT2D eigenvalue weighted by Crippen LogP contribution is 2.47. The molecular weight excluding hydrogens is 513 g/mol. The predicted octanol–water partition coefficient (Wildman–Crippen LogP) is 5.11. The van der Waals surface area contributed by atoms with Gasteiger partial charge in [0, 0.05) is 17.5 Å². The molecule has 0 amide bonds. The Hall–Kier alpha value is -4.09. The molecule has 0 bridgehead atoms. The lowest BCUT2D eigenvalue weighted by molar-refractivity contribution is -0.138. The zero-order chi connectivity index (χ0) is 28.2. The summed E-state index contributed by atoms with van der Waals surface area (Å²) in [6.45, 7) is 5.54. The maximum absolute atomic E-state index is 14.5. The Kier molecular flexibility index (Phi) is 8.64. The number of hydrogen-bond donors (Lipinski definition) is 0. The van der Waals surface area contributed by atoms with Gasteiger partial charge in [-0.2, -0.15) is 13.2 Å². The molecule has 0 N–H and O–H groups in total. The van der Waals surface area contributed by atoms with Crippen molar-refractivity contribution in [1.29, 1.82) is 0 Å². The van der Waals surface area contributed by atoms with E-state index in [1.165, 1.54) is 26.0 Å². The molecule has 9 nitrogen and oxygen atoms in total. The Bertz CT molecular complexity index is 1280. The van der Waals surface area contributed by atoms with Crippen LogP contribution in [0.3, 0.4) is 0 Å². The van der Waals surface area contributed by atoms with Crippen LogP contribution in [0.1, 0.15) is 85.8 Å². The lowest BCUT2D eigenvalue weighted by Gasteiger charge is -2.27. The van der Waals surface area contributed by atoms with Crippen LogP contribution in [0.2, 0.25) is 0 Å². The molecule has 0 aromatic heterocycles. The molecule has 1 heterocycles. The van der Waals surface area contributed by atoms with E-state index in [1.54, 1.807) is 13.8 Å². The Balaban J connectivity index is 2.30. The van der Waals surface area contributed by atoms with Crippen molar-refractivity contribution in [3.8, 4) is 11.5 Å². The molecule has 12 heteroatoms. The van der Waals surface area contributed by atoms with Crippen LogP contribution >= 0.6 is 0 Å². The smallest absolute Gasteiger partial charge is 0.417 e. The lowest BCUT2D eigenvalue weighted by atomic mass is 9.88. The van der Waals surface area contributed by atoms with Gasteiger partial charge in [0.2, 0.25) is 0 Å². The Morgan fingerprint density at radius 2 is 1.16 bits per heavy atom. The second-order valence-corrected chi connectivity index (χ2v) is 7.81. The molecule has 2 aromatic carbocycles. The number of alkyl halides is 3. The highest BCUT2D eigenvalue weighted by molar-refractivity contribution is 6.06. The molecular formula is C26H25F3O9. The first-order valence-electron chi connectivity index (χ1n) is 11.8. The molecule has 0 spiro atoms. The van der Waals surface area contributed by atoms with Gasteiger partial charge >= 0.3 is 30.1 Å². The summed E-state index contributed by atoms with van der Waals surface area (Å²) in [5.41, 5.74) is -3.89. The van der Waals surface area contributed by atoms with Crippen LogP contribution in [0, 0.1) is 0 Å². The van der Waals surface area contributed by atoms with Gasteiger partial charge in [-0.1, -0.05) is 0 Å². The van der Waals surface area contributed by atoms with Crippen molar-refractivity contribution in [2.45, 2.75) is 40.3 Å². The topological polar surface area (TPSA) is 114 Å². The number of ether oxygens (including phenoxy) is 5. The highest BCUT2D eigenvalue weighted by atomic mass is 19.4. The van der Waals surface area contributed by atoms with E-state index in [2.05, 4.69) is 0 Å². The monoisotopic (exact) mass is 538 g/mol. The zero-order valence-corrected chi connectivity index (χ0v) is 21.1. The second kappa shape index (κ2) is 11.5. The molecule has 0 saturated carbocycles. The van der Waals surface area contributed by atoms with E-state index in [0.717, 1.165) is 6.07 Å². The quantitative estimate of drug-likeness (QED) is 0.285. The zero-order valence-electron chi connectivity index (χ0n) is 21.1. The first kappa shape index (κ1) is 28.5. The normalized spacial score (nSPS) is 12.0. The van der Waals surface area contributed by atoms with Crippen molar-refractivity contribution in [1.82, 2.24) is 0 Å². The maximum atomic E-state index is 14.5. The Morgan fingerprint density at radius 3 is 1.66 bits per heavy atom. The Labute approximate surface area is 215 Å². The summed E-state index contributed by atoms with van der Waals surface area (Å²) < 4.78 is 68.8. The average molecular weight is 538 g/mol. The van der Waals surface area contributed by atoms with Crippen molar-refractivity contribution >= 4 is 23.9 Å². The average Bonchev–Trinajstić information content (AvgIpc) is 2.85. The number of benzene rings is 2. The van der Waals surface area contributed by atoms with E-state index >= 15 is 0 Å². The van der Waals surface area contributed by atoms with Crippen LogP contribution < -0.4 is 4.74 Å². The summed E-state index contributed by atoms with van der Waals surface area (Å²) in [6.07, 6.45) is -5.56. The molecule has 0 unspecified atom stereocenters. The van der Waals surface area contributed by atoms with Crippen molar-refractivity contribution in [3.05, 3.63) is 57.1 Å². The van der Waals surface area contributed by atoms with Gasteiger partial charge in [-0.05, 0) is 45.9 Å². The van der Waals surface area contributed by atoms with E-state index in [0.29, 0.717) is 0 Å². The molecule has 204 valence electrons. The van der Waals surface area contributed by atoms with Crippen LogP contribution in [0.25, 0.3) is 0 Å². The minimum absolute atomic E-state index is 0.00362. The van der Waals surface area contributed by atoms with Crippen molar-refractivity contribution in [2.75, 3.05) is 26.4 Å². The molecule has 0 fully saturated rings. The third-order valence-corrected chi connectivity index (χ3v) is 5.43. The SMILES string of the molecule is CCOC(=O)c1cc2c(cc1C(=O)OCC)Oc1cc(C(=O)OCC)c(C(=O)OCC)c(C(F)(F)F)c1C2. The summed E-state index contributed by atoms with van der Waals surface area (Å²) in [6, 6.07) is 3.33. The molecule has 0 atom stereocenters. The summed E-state index contributed by atoms with van der Waals surface area (Å²) in [4.78, 5) is 50.4. The van der Waals surface area contributed by atoms with Gasteiger partial charge in [-0.3, -0.25) is 0 Å². The summed E-state index contributed by atoms with van der Waals surface area (Å²) in [5.74, 6) is -4.71. The number of carbonyl (C=O) groups excluding carboxylic acids is 4. The first-order chi connectivity index (χ1) is 18.0. The van der Waals surface area contributed by atoms with Crippen LogP contribution in [-0.4, -0.2) is 50.3 Å². The lowest BCUT2D eigenvalue weighted by Crippen LogP contribution is -2.25. The van der Waals surface area contributed by atoms with Gasteiger partial charge in [0.05, 0.1) is 54.2 Å². The van der Waals surface area contributed by atoms with Gasteiger partial charge in [-0.15, -0.1) is 0 Å². The van der Waals surface area contributed by atoms with Crippen LogP contribution in [0.15, 0.2) is 18.2 Å². The van der Waals surface area contributed by atoms with Crippen molar-refractivity contribution in [3.63, 3.8) is 0 Å².